The van der Waals surface area contributed by atoms with Crippen molar-refractivity contribution in [1.29, 1.82) is 0 Å². The van der Waals surface area contributed by atoms with Crippen LogP contribution < -0.4 is 0 Å². The number of nitrogens with zero attached hydrogens (tertiary/aromatic N) is 1. The number of carbonyl (C=O) groups excluding carboxylic acids is 3. The second-order valence-electron chi connectivity index (χ2n) is 17.6. The van der Waals surface area contributed by atoms with Gasteiger partial charge in [-0.25, -0.2) is 9.59 Å². The van der Waals surface area contributed by atoms with Crippen molar-refractivity contribution in [3.05, 3.63) is 0 Å². The molecule has 0 radical (unpaired) electrons. The number of unbranched alkanes of at least 4 members (excludes halogenated alkanes) is 22. The molecule has 0 aliphatic carbocycles. The Morgan fingerprint density at radius 3 is 1.08 bits per heavy atom. The van der Waals surface area contributed by atoms with E-state index in [-0.39, 0.29) is 33.2 Å². The van der Waals surface area contributed by atoms with Gasteiger partial charge in [-0.1, -0.05) is 156 Å². The van der Waals surface area contributed by atoms with Crippen molar-refractivity contribution < 1.29 is 28.6 Å². The van der Waals surface area contributed by atoms with Crippen molar-refractivity contribution in [3.63, 3.8) is 0 Å². The normalized spacial score (nSPS) is 11.7. The van der Waals surface area contributed by atoms with E-state index < -0.39 is 0 Å². The number of thioether (sulfide) groups is 4. The van der Waals surface area contributed by atoms with Crippen LogP contribution in [0, 0.1) is 0 Å². The molecule has 0 amide bonds. The fourth-order valence-electron chi connectivity index (χ4n) is 7.14. The molecule has 0 bridgehead atoms. The van der Waals surface area contributed by atoms with E-state index in [2.05, 4.69) is 32.6 Å². The Morgan fingerprint density at radius 2 is 0.742 bits per heavy atom. The fourth-order valence-corrected chi connectivity index (χ4v) is 12.2. The minimum absolute atomic E-state index is 0.0456. The standard InChI is InChI=1S/C51H99NO6S4/c1-7-11-15-23-31-42-59-50(60-43-32-24-16-12-8-2)48(54)56-40-29-21-19-27-36-46(58-47(53)38-35-39-52(5)6)37-28-20-22-30-41-57-49(55)51(61-44-33-25-17-13-9-3)62-45-34-26-18-14-10-4/h46,50-51H,7-45H2,1-6H3. The molecule has 62 heavy (non-hydrogen) atoms. The summed E-state index contributed by atoms with van der Waals surface area (Å²) in [7, 11) is 4.06. The number of carbonyl (C=O) groups is 3. The summed E-state index contributed by atoms with van der Waals surface area (Å²) < 4.78 is 17.5. The van der Waals surface area contributed by atoms with Crippen molar-refractivity contribution in [2.24, 2.45) is 0 Å². The summed E-state index contributed by atoms with van der Waals surface area (Å²) in [6.45, 7) is 10.8. The molecule has 0 aliphatic rings. The van der Waals surface area contributed by atoms with Crippen LogP contribution in [-0.4, -0.2) is 94.9 Å². The summed E-state index contributed by atoms with van der Waals surface area (Å²) in [6, 6.07) is 0. The number of esters is 3. The molecule has 368 valence electrons. The molecule has 0 heterocycles. The van der Waals surface area contributed by atoms with Crippen LogP contribution in [0.1, 0.15) is 233 Å². The van der Waals surface area contributed by atoms with Gasteiger partial charge in [0.15, 0.2) is 0 Å². The SMILES string of the molecule is CCCCCCCSC(SCCCCCCC)C(=O)OCCCCCCC(CCCCCCOC(=O)C(SCCCCCCC)SCCCCCCC)OC(=O)CCCN(C)C. The van der Waals surface area contributed by atoms with Gasteiger partial charge in [-0.15, -0.1) is 47.0 Å². The summed E-state index contributed by atoms with van der Waals surface area (Å²) in [5.41, 5.74) is 0. The van der Waals surface area contributed by atoms with Gasteiger partial charge in [0.25, 0.3) is 0 Å². The monoisotopic (exact) mass is 950 g/mol. The van der Waals surface area contributed by atoms with Gasteiger partial charge in [0.2, 0.25) is 0 Å². The topological polar surface area (TPSA) is 82.1 Å². The third kappa shape index (κ3) is 42.4. The van der Waals surface area contributed by atoms with Crippen LogP contribution in [-0.2, 0) is 28.6 Å². The molecule has 0 atom stereocenters. The first-order valence-corrected chi connectivity index (χ1v) is 30.1. The molecule has 7 nitrogen and oxygen atoms in total. The molecule has 0 aromatic heterocycles. The number of hydrogen-bond acceptors (Lipinski definition) is 11. The highest BCUT2D eigenvalue weighted by atomic mass is 32.2. The Hall–Kier alpha value is -0.230. The first-order chi connectivity index (χ1) is 30.3. The summed E-state index contributed by atoms with van der Waals surface area (Å²) in [6.07, 6.45) is 35.8. The Kier molecular flexibility index (Phi) is 48.5. The number of ether oxygens (including phenoxy) is 3. The molecule has 0 N–H and O–H groups in total. The van der Waals surface area contributed by atoms with E-state index in [1.165, 1.54) is 128 Å². The van der Waals surface area contributed by atoms with Crippen molar-refractivity contribution >= 4 is 65.0 Å². The third-order valence-electron chi connectivity index (χ3n) is 11.1. The van der Waals surface area contributed by atoms with Crippen LogP contribution in [0.25, 0.3) is 0 Å². The lowest BCUT2D eigenvalue weighted by Gasteiger charge is -2.19. The van der Waals surface area contributed by atoms with Gasteiger partial charge in [0, 0.05) is 6.42 Å². The summed E-state index contributed by atoms with van der Waals surface area (Å²) in [4.78, 5) is 41.1. The minimum Gasteiger partial charge on any atom is -0.464 e. The zero-order chi connectivity index (χ0) is 45.6. The van der Waals surface area contributed by atoms with E-state index in [9.17, 15) is 14.4 Å². The van der Waals surface area contributed by atoms with E-state index in [1.54, 1.807) is 47.0 Å². The van der Waals surface area contributed by atoms with Crippen LogP contribution in [0.5, 0.6) is 0 Å². The maximum absolute atomic E-state index is 13.1. The smallest absolute Gasteiger partial charge is 0.329 e. The maximum Gasteiger partial charge on any atom is 0.329 e. The summed E-state index contributed by atoms with van der Waals surface area (Å²) in [5.74, 6) is 3.94. The van der Waals surface area contributed by atoms with E-state index in [0.29, 0.717) is 19.6 Å². The Balaban J connectivity index is 4.73. The average molecular weight is 951 g/mol. The second-order valence-corrected chi connectivity index (χ2v) is 23.0. The molecule has 0 aliphatic heterocycles. The molecule has 0 spiro atoms. The zero-order valence-corrected chi connectivity index (χ0v) is 44.6. The first-order valence-electron chi connectivity index (χ1n) is 25.9. The molecule has 0 aromatic rings. The zero-order valence-electron chi connectivity index (χ0n) is 41.3. The minimum atomic E-state index is -0.111. The lowest BCUT2D eigenvalue weighted by Crippen LogP contribution is -2.20. The van der Waals surface area contributed by atoms with Gasteiger partial charge in [0.1, 0.15) is 15.3 Å². The predicted octanol–water partition coefficient (Wildman–Crippen LogP) is 15.7. The number of rotatable bonds is 49. The van der Waals surface area contributed by atoms with Crippen LogP contribution >= 0.6 is 47.0 Å². The largest absolute Gasteiger partial charge is 0.464 e. The summed E-state index contributed by atoms with van der Waals surface area (Å²) in [5, 5.41) is 0. The van der Waals surface area contributed by atoms with E-state index in [1.807, 2.05) is 14.1 Å². The molecule has 0 fully saturated rings. The van der Waals surface area contributed by atoms with Gasteiger partial charge in [0.05, 0.1) is 13.2 Å². The quantitative estimate of drug-likeness (QED) is 0.0253. The van der Waals surface area contributed by atoms with Crippen molar-refractivity contribution in [3.8, 4) is 0 Å². The number of hydrogen-bond donors (Lipinski definition) is 0. The fraction of sp³-hybridized carbons (Fsp3) is 0.941. The Morgan fingerprint density at radius 1 is 0.419 bits per heavy atom. The van der Waals surface area contributed by atoms with Gasteiger partial charge < -0.3 is 19.1 Å². The van der Waals surface area contributed by atoms with Crippen LogP contribution in [0.2, 0.25) is 0 Å². The molecule has 0 aromatic carbocycles. The Labute approximate surface area is 401 Å². The van der Waals surface area contributed by atoms with Crippen molar-refractivity contribution in [2.75, 3.05) is 56.9 Å². The van der Waals surface area contributed by atoms with Crippen molar-refractivity contribution in [2.45, 2.75) is 248 Å². The molecule has 11 heteroatoms. The molecule has 0 unspecified atom stereocenters. The van der Waals surface area contributed by atoms with Gasteiger partial charge in [-0.05, 0) is 114 Å². The van der Waals surface area contributed by atoms with Crippen LogP contribution in [0.4, 0.5) is 0 Å². The molecular formula is C51H99NO6S4. The molecule has 0 saturated carbocycles. The lowest BCUT2D eigenvalue weighted by atomic mass is 10.0. The average Bonchev–Trinajstić information content (AvgIpc) is 3.25. The highest BCUT2D eigenvalue weighted by Gasteiger charge is 2.22. The second kappa shape index (κ2) is 48.7. The maximum atomic E-state index is 13.1. The third-order valence-corrected chi connectivity index (χ3v) is 16.8. The van der Waals surface area contributed by atoms with E-state index >= 15 is 0 Å². The van der Waals surface area contributed by atoms with Gasteiger partial charge in [-0.2, -0.15) is 0 Å². The van der Waals surface area contributed by atoms with Crippen LogP contribution in [0.15, 0.2) is 0 Å². The predicted molar refractivity (Wildman–Crippen MR) is 278 cm³/mol. The van der Waals surface area contributed by atoms with Crippen LogP contribution in [0.3, 0.4) is 0 Å². The van der Waals surface area contributed by atoms with Gasteiger partial charge in [-0.3, -0.25) is 4.79 Å². The lowest BCUT2D eigenvalue weighted by molar-refractivity contribution is -0.150. The highest BCUT2D eigenvalue weighted by Crippen LogP contribution is 2.29. The Bertz CT molecular complexity index is 898. The molecule has 0 saturated heterocycles. The highest BCUT2D eigenvalue weighted by molar-refractivity contribution is 8.18. The summed E-state index contributed by atoms with van der Waals surface area (Å²) >= 11 is 7.15. The van der Waals surface area contributed by atoms with Crippen molar-refractivity contribution in [1.82, 2.24) is 4.90 Å². The van der Waals surface area contributed by atoms with Gasteiger partial charge >= 0.3 is 17.9 Å². The first kappa shape index (κ1) is 61.8. The molecule has 0 rings (SSSR count). The van der Waals surface area contributed by atoms with E-state index in [4.69, 9.17) is 14.2 Å². The van der Waals surface area contributed by atoms with E-state index in [0.717, 1.165) is 100 Å². The molecular weight excluding hydrogens is 851 g/mol.